The highest BCUT2D eigenvalue weighted by molar-refractivity contribution is 5.45. The van der Waals surface area contributed by atoms with E-state index in [2.05, 4.69) is 24.0 Å². The average molecular weight is 254 g/mol. The second-order valence-corrected chi connectivity index (χ2v) is 5.02. The Morgan fingerprint density at radius 2 is 2.21 bits per heavy atom. The van der Waals surface area contributed by atoms with Gasteiger partial charge in [0, 0.05) is 12.2 Å². The first-order chi connectivity index (χ1) is 9.25. The van der Waals surface area contributed by atoms with Gasteiger partial charge in [-0.3, -0.25) is 4.98 Å². The van der Waals surface area contributed by atoms with E-state index in [1.54, 1.807) is 6.20 Å². The number of hydrogen-bond donors (Lipinski definition) is 1. The number of pyridine rings is 1. The number of fused-ring (bicyclic) bond motifs is 1. The van der Waals surface area contributed by atoms with E-state index in [0.717, 1.165) is 29.8 Å². The first-order valence-corrected chi connectivity index (χ1v) is 6.66. The molecule has 1 aromatic carbocycles. The van der Waals surface area contributed by atoms with Crippen molar-refractivity contribution in [2.45, 2.75) is 32.4 Å². The van der Waals surface area contributed by atoms with Crippen molar-refractivity contribution in [2.75, 3.05) is 0 Å². The summed E-state index contributed by atoms with van der Waals surface area (Å²) in [5, 5.41) is 0. The molecule has 2 aromatic rings. The number of aryl methyl sites for hydroxylation is 1. The zero-order valence-corrected chi connectivity index (χ0v) is 11.1. The Labute approximate surface area is 113 Å². The van der Waals surface area contributed by atoms with E-state index in [4.69, 9.17) is 10.5 Å². The Morgan fingerprint density at radius 1 is 1.32 bits per heavy atom. The molecule has 1 atom stereocenters. The summed E-state index contributed by atoms with van der Waals surface area (Å²) in [4.78, 5) is 4.35. The van der Waals surface area contributed by atoms with Crippen LogP contribution < -0.4 is 10.5 Å². The van der Waals surface area contributed by atoms with Crippen molar-refractivity contribution in [1.82, 2.24) is 4.98 Å². The molecular formula is C16H18N2O. The van der Waals surface area contributed by atoms with Gasteiger partial charge in [0.05, 0.1) is 5.69 Å². The molecule has 0 aliphatic heterocycles. The fourth-order valence-corrected chi connectivity index (χ4v) is 2.60. The van der Waals surface area contributed by atoms with Gasteiger partial charge < -0.3 is 10.5 Å². The molecule has 0 spiro atoms. The van der Waals surface area contributed by atoms with Crippen molar-refractivity contribution >= 4 is 0 Å². The molecule has 0 bridgehead atoms. The predicted octanol–water partition coefficient (Wildman–Crippen LogP) is 2.92. The molecule has 1 aliphatic carbocycles. The number of aromatic nitrogens is 1. The van der Waals surface area contributed by atoms with Crippen molar-refractivity contribution in [3.63, 3.8) is 0 Å². The van der Waals surface area contributed by atoms with Crippen LogP contribution in [0.2, 0.25) is 0 Å². The Bertz CT molecular complexity index is 595. The van der Waals surface area contributed by atoms with Crippen LogP contribution in [-0.2, 0) is 13.0 Å². The largest absolute Gasteiger partial charge is 0.487 e. The van der Waals surface area contributed by atoms with Gasteiger partial charge in [0.2, 0.25) is 0 Å². The van der Waals surface area contributed by atoms with Crippen LogP contribution in [0.4, 0.5) is 0 Å². The molecule has 2 N–H and O–H groups in total. The molecule has 0 fully saturated rings. The second-order valence-electron chi connectivity index (χ2n) is 5.02. The minimum atomic E-state index is 0.162. The Balaban J connectivity index is 1.80. The van der Waals surface area contributed by atoms with Crippen molar-refractivity contribution < 1.29 is 4.74 Å². The summed E-state index contributed by atoms with van der Waals surface area (Å²) >= 11 is 0. The van der Waals surface area contributed by atoms with Gasteiger partial charge in [0.25, 0.3) is 0 Å². The monoisotopic (exact) mass is 254 g/mol. The Hall–Kier alpha value is -1.87. The molecule has 1 aliphatic rings. The van der Waals surface area contributed by atoms with Crippen LogP contribution in [0.25, 0.3) is 0 Å². The van der Waals surface area contributed by atoms with Gasteiger partial charge in [-0.05, 0) is 48.6 Å². The lowest BCUT2D eigenvalue weighted by molar-refractivity contribution is 0.297. The first kappa shape index (κ1) is 12.2. The summed E-state index contributed by atoms with van der Waals surface area (Å²) < 4.78 is 5.95. The molecule has 0 saturated carbocycles. The number of nitrogens with two attached hydrogens (primary N) is 1. The number of nitrogens with zero attached hydrogens (tertiary/aromatic N) is 1. The third-order valence-electron chi connectivity index (χ3n) is 3.76. The quantitative estimate of drug-likeness (QED) is 0.916. The number of benzene rings is 1. The van der Waals surface area contributed by atoms with E-state index in [9.17, 15) is 0 Å². The lowest BCUT2D eigenvalue weighted by atomic mass is 10.1. The lowest BCUT2D eigenvalue weighted by Gasteiger charge is -2.12. The third-order valence-corrected chi connectivity index (χ3v) is 3.76. The average Bonchev–Trinajstić information content (AvgIpc) is 2.81. The van der Waals surface area contributed by atoms with E-state index in [-0.39, 0.29) is 6.04 Å². The van der Waals surface area contributed by atoms with Gasteiger partial charge in [-0.1, -0.05) is 18.2 Å². The molecule has 98 valence electrons. The van der Waals surface area contributed by atoms with Crippen LogP contribution in [-0.4, -0.2) is 4.98 Å². The number of hydrogen-bond acceptors (Lipinski definition) is 3. The molecule has 3 heteroatoms. The summed E-state index contributed by atoms with van der Waals surface area (Å²) in [7, 11) is 0. The summed E-state index contributed by atoms with van der Waals surface area (Å²) in [6, 6.07) is 10.3. The highest BCUT2D eigenvalue weighted by Crippen LogP contribution is 2.35. The normalized spacial score (nSPS) is 17.3. The molecule has 3 nitrogen and oxygen atoms in total. The van der Waals surface area contributed by atoms with Crippen LogP contribution in [0.1, 0.15) is 34.8 Å². The van der Waals surface area contributed by atoms with Gasteiger partial charge in [-0.25, -0.2) is 0 Å². The topological polar surface area (TPSA) is 48.1 Å². The van der Waals surface area contributed by atoms with E-state index in [0.29, 0.717) is 6.61 Å². The van der Waals surface area contributed by atoms with Gasteiger partial charge in [-0.15, -0.1) is 0 Å². The molecule has 0 saturated heterocycles. The fraction of sp³-hybridized carbons (Fsp3) is 0.312. The number of rotatable bonds is 3. The van der Waals surface area contributed by atoms with Crippen molar-refractivity contribution in [3.05, 3.63) is 58.9 Å². The molecular weight excluding hydrogens is 236 g/mol. The smallest absolute Gasteiger partial charge is 0.130 e. The standard InChI is InChI=1S/C16H18N2O/c1-11-4-3-9-18-15(11)10-19-16-6-2-5-12-13(16)7-8-14(12)17/h2-6,9,14H,7-8,10,17H2,1H3. The maximum atomic E-state index is 6.08. The molecule has 1 heterocycles. The first-order valence-electron chi connectivity index (χ1n) is 6.66. The molecule has 1 unspecified atom stereocenters. The SMILES string of the molecule is Cc1cccnc1COc1cccc2c1CCC2N. The summed E-state index contributed by atoms with van der Waals surface area (Å²) in [6.45, 7) is 2.56. The maximum Gasteiger partial charge on any atom is 0.130 e. The van der Waals surface area contributed by atoms with Gasteiger partial charge in [0.1, 0.15) is 12.4 Å². The lowest BCUT2D eigenvalue weighted by Crippen LogP contribution is -2.05. The van der Waals surface area contributed by atoms with E-state index < -0.39 is 0 Å². The summed E-state index contributed by atoms with van der Waals surface area (Å²) in [6.07, 6.45) is 3.82. The van der Waals surface area contributed by atoms with Crippen LogP contribution in [0, 0.1) is 6.92 Å². The Morgan fingerprint density at radius 3 is 3.05 bits per heavy atom. The maximum absolute atomic E-state index is 6.08. The van der Waals surface area contributed by atoms with Crippen LogP contribution >= 0.6 is 0 Å². The summed E-state index contributed by atoms with van der Waals surface area (Å²) in [5.74, 6) is 0.954. The molecule has 1 aromatic heterocycles. The van der Waals surface area contributed by atoms with E-state index in [1.165, 1.54) is 11.1 Å². The fourth-order valence-electron chi connectivity index (χ4n) is 2.60. The Kier molecular flexibility index (Phi) is 3.22. The van der Waals surface area contributed by atoms with Crippen molar-refractivity contribution in [2.24, 2.45) is 5.73 Å². The zero-order valence-electron chi connectivity index (χ0n) is 11.1. The minimum Gasteiger partial charge on any atom is -0.487 e. The molecule has 3 rings (SSSR count). The third kappa shape index (κ3) is 2.34. The minimum absolute atomic E-state index is 0.162. The second kappa shape index (κ2) is 5.02. The highest BCUT2D eigenvalue weighted by Gasteiger charge is 2.22. The van der Waals surface area contributed by atoms with Crippen molar-refractivity contribution in [3.8, 4) is 5.75 Å². The predicted molar refractivity (Wildman–Crippen MR) is 75.0 cm³/mol. The van der Waals surface area contributed by atoms with Gasteiger partial charge >= 0.3 is 0 Å². The van der Waals surface area contributed by atoms with Gasteiger partial charge in [0.15, 0.2) is 0 Å². The highest BCUT2D eigenvalue weighted by atomic mass is 16.5. The zero-order chi connectivity index (χ0) is 13.2. The van der Waals surface area contributed by atoms with Crippen LogP contribution in [0.5, 0.6) is 5.75 Å². The molecule has 0 amide bonds. The van der Waals surface area contributed by atoms with Crippen LogP contribution in [0.15, 0.2) is 36.5 Å². The van der Waals surface area contributed by atoms with Gasteiger partial charge in [-0.2, -0.15) is 0 Å². The van der Waals surface area contributed by atoms with E-state index in [1.807, 2.05) is 18.2 Å². The number of ether oxygens (including phenoxy) is 1. The van der Waals surface area contributed by atoms with Crippen molar-refractivity contribution in [1.29, 1.82) is 0 Å². The van der Waals surface area contributed by atoms with E-state index >= 15 is 0 Å². The molecule has 19 heavy (non-hydrogen) atoms. The molecule has 0 radical (unpaired) electrons. The summed E-state index contributed by atoms with van der Waals surface area (Å²) in [5.41, 5.74) is 10.7. The van der Waals surface area contributed by atoms with Crippen LogP contribution in [0.3, 0.4) is 0 Å².